The highest BCUT2D eigenvalue weighted by Crippen LogP contribution is 2.32. The third-order valence-corrected chi connectivity index (χ3v) is 6.57. The van der Waals surface area contributed by atoms with Crippen molar-refractivity contribution in [1.29, 1.82) is 0 Å². The Bertz CT molecular complexity index is 892. The molecule has 0 N–H and O–H groups in total. The highest BCUT2D eigenvalue weighted by Gasteiger charge is 2.35. The van der Waals surface area contributed by atoms with Crippen LogP contribution in [0, 0.1) is 0 Å². The first kappa shape index (κ1) is 18.4. The first-order valence-corrected chi connectivity index (χ1v) is 9.73. The Balaban J connectivity index is 1.84. The number of ether oxygens (including phenoxy) is 2. The van der Waals surface area contributed by atoms with E-state index >= 15 is 0 Å². The van der Waals surface area contributed by atoms with E-state index in [1.165, 1.54) is 23.5 Å². The number of rotatable bonds is 5. The molecule has 3 rings (SSSR count). The zero-order valence-electron chi connectivity index (χ0n) is 14.7. The highest BCUT2D eigenvalue weighted by atomic mass is 32.2. The molecule has 0 aliphatic carbocycles. The third-order valence-electron chi connectivity index (χ3n) is 4.65. The quantitative estimate of drug-likeness (QED) is 0.751. The lowest BCUT2D eigenvalue weighted by Crippen LogP contribution is -2.30. The molecule has 0 bridgehead atoms. The molecule has 2 aromatic rings. The molecular formula is C19H21NO5S. The highest BCUT2D eigenvalue weighted by molar-refractivity contribution is 7.89. The van der Waals surface area contributed by atoms with E-state index in [1.54, 1.807) is 19.2 Å². The first-order valence-electron chi connectivity index (χ1n) is 8.29. The minimum absolute atomic E-state index is 0.0118. The maximum atomic E-state index is 13.1. The van der Waals surface area contributed by atoms with Crippen LogP contribution in [0.15, 0.2) is 53.4 Å². The molecule has 1 heterocycles. The van der Waals surface area contributed by atoms with Crippen molar-refractivity contribution in [3.63, 3.8) is 0 Å². The summed E-state index contributed by atoms with van der Waals surface area (Å²) in [6.45, 7) is 0.790. The van der Waals surface area contributed by atoms with Gasteiger partial charge < -0.3 is 9.47 Å². The maximum Gasteiger partial charge on any atom is 0.339 e. The zero-order chi connectivity index (χ0) is 18.7. The second-order valence-electron chi connectivity index (χ2n) is 6.11. The van der Waals surface area contributed by atoms with Crippen LogP contribution in [0.4, 0.5) is 0 Å². The van der Waals surface area contributed by atoms with Crippen molar-refractivity contribution in [2.45, 2.75) is 17.2 Å². The number of hydrogen-bond acceptors (Lipinski definition) is 5. The van der Waals surface area contributed by atoms with Gasteiger partial charge in [0.15, 0.2) is 0 Å². The van der Waals surface area contributed by atoms with Crippen LogP contribution < -0.4 is 4.74 Å². The van der Waals surface area contributed by atoms with Crippen LogP contribution in [-0.4, -0.2) is 46.0 Å². The van der Waals surface area contributed by atoms with Gasteiger partial charge in [-0.3, -0.25) is 0 Å². The molecule has 7 heteroatoms. The van der Waals surface area contributed by atoms with Crippen LogP contribution in [0.5, 0.6) is 5.75 Å². The van der Waals surface area contributed by atoms with Gasteiger partial charge in [0.2, 0.25) is 10.0 Å². The molecule has 1 aliphatic heterocycles. The van der Waals surface area contributed by atoms with Gasteiger partial charge in [0.1, 0.15) is 5.75 Å². The number of methoxy groups -OCH3 is 2. The van der Waals surface area contributed by atoms with Crippen molar-refractivity contribution in [2.24, 2.45) is 0 Å². The average Bonchev–Trinajstić information content (AvgIpc) is 3.18. The van der Waals surface area contributed by atoms with Crippen LogP contribution in [0.25, 0.3) is 0 Å². The summed E-state index contributed by atoms with van der Waals surface area (Å²) in [6.07, 6.45) is 0.728. The number of sulfonamides is 1. The molecule has 6 nitrogen and oxygen atoms in total. The largest absolute Gasteiger partial charge is 0.497 e. The molecule has 0 amide bonds. The first-order chi connectivity index (χ1) is 12.5. The van der Waals surface area contributed by atoms with E-state index in [9.17, 15) is 13.2 Å². The number of hydrogen-bond donors (Lipinski definition) is 0. The lowest BCUT2D eigenvalue weighted by atomic mass is 9.99. The monoisotopic (exact) mass is 375 g/mol. The Hall–Kier alpha value is -2.38. The van der Waals surface area contributed by atoms with Crippen molar-refractivity contribution < 1.29 is 22.7 Å². The molecule has 1 unspecified atom stereocenters. The van der Waals surface area contributed by atoms with Crippen molar-refractivity contribution in [3.05, 3.63) is 59.7 Å². The van der Waals surface area contributed by atoms with E-state index in [-0.39, 0.29) is 16.4 Å². The van der Waals surface area contributed by atoms with Crippen molar-refractivity contribution >= 4 is 16.0 Å². The predicted molar refractivity (Wildman–Crippen MR) is 96.9 cm³/mol. The van der Waals surface area contributed by atoms with Gasteiger partial charge in [-0.25, -0.2) is 13.2 Å². The van der Waals surface area contributed by atoms with Crippen molar-refractivity contribution in [1.82, 2.24) is 4.31 Å². The smallest absolute Gasteiger partial charge is 0.339 e. The summed E-state index contributed by atoms with van der Waals surface area (Å²) >= 11 is 0. The van der Waals surface area contributed by atoms with E-state index in [1.807, 2.05) is 24.3 Å². The van der Waals surface area contributed by atoms with Crippen LogP contribution in [-0.2, 0) is 14.8 Å². The molecule has 0 aromatic heterocycles. The molecule has 1 fully saturated rings. The SMILES string of the molecule is COC(=O)c1ccccc1S(=O)(=O)N1CCC(c2ccc(OC)cc2)C1. The summed E-state index contributed by atoms with van der Waals surface area (Å²) in [5.41, 5.74) is 1.13. The van der Waals surface area contributed by atoms with Gasteiger partial charge in [-0.15, -0.1) is 0 Å². The Morgan fingerprint density at radius 3 is 2.42 bits per heavy atom. The predicted octanol–water partition coefficient (Wildman–Crippen LogP) is 2.66. The number of nitrogens with zero attached hydrogens (tertiary/aromatic N) is 1. The fourth-order valence-electron chi connectivity index (χ4n) is 3.20. The lowest BCUT2D eigenvalue weighted by molar-refractivity contribution is 0.0596. The van der Waals surface area contributed by atoms with Crippen LogP contribution in [0.1, 0.15) is 28.3 Å². The minimum Gasteiger partial charge on any atom is -0.497 e. The van der Waals surface area contributed by atoms with Crippen molar-refractivity contribution in [3.8, 4) is 5.75 Å². The Morgan fingerprint density at radius 1 is 1.08 bits per heavy atom. The number of carbonyl (C=O) groups is 1. The van der Waals surface area contributed by atoms with Gasteiger partial charge >= 0.3 is 5.97 Å². The topological polar surface area (TPSA) is 72.9 Å². The van der Waals surface area contributed by atoms with E-state index in [4.69, 9.17) is 9.47 Å². The molecule has 2 aromatic carbocycles. The van der Waals surface area contributed by atoms with Gasteiger partial charge in [0.25, 0.3) is 0 Å². The summed E-state index contributed by atoms with van der Waals surface area (Å²) in [5, 5.41) is 0. The number of benzene rings is 2. The Labute approximate surface area is 153 Å². The van der Waals surface area contributed by atoms with E-state index in [0.29, 0.717) is 13.1 Å². The maximum absolute atomic E-state index is 13.1. The Morgan fingerprint density at radius 2 is 1.77 bits per heavy atom. The normalized spacial score (nSPS) is 17.8. The standard InChI is InChI=1S/C19H21NO5S/c1-24-16-9-7-14(8-10-16)15-11-12-20(13-15)26(22,23)18-6-4-3-5-17(18)19(21)25-2/h3-10,15H,11-13H2,1-2H3. The fraction of sp³-hybridized carbons (Fsp3) is 0.316. The van der Waals surface area contributed by atoms with Crippen molar-refractivity contribution in [2.75, 3.05) is 27.3 Å². The molecule has 0 spiro atoms. The van der Waals surface area contributed by atoms with Gasteiger partial charge in [-0.1, -0.05) is 24.3 Å². The molecule has 1 atom stereocenters. The van der Waals surface area contributed by atoms with Crippen LogP contribution in [0.2, 0.25) is 0 Å². The van der Waals surface area contributed by atoms with Gasteiger partial charge in [-0.05, 0) is 42.2 Å². The van der Waals surface area contributed by atoms with E-state index in [2.05, 4.69) is 0 Å². The lowest BCUT2D eigenvalue weighted by Gasteiger charge is -2.18. The van der Waals surface area contributed by atoms with Gasteiger partial charge in [0, 0.05) is 13.1 Å². The summed E-state index contributed by atoms with van der Waals surface area (Å²) in [6, 6.07) is 13.8. The van der Waals surface area contributed by atoms with Gasteiger partial charge in [0.05, 0.1) is 24.7 Å². The number of esters is 1. The third kappa shape index (κ3) is 3.45. The van der Waals surface area contributed by atoms with Crippen LogP contribution in [0.3, 0.4) is 0 Å². The molecule has 26 heavy (non-hydrogen) atoms. The fourth-order valence-corrected chi connectivity index (χ4v) is 4.88. The number of carbonyl (C=O) groups excluding carboxylic acids is 1. The second-order valence-corrected chi connectivity index (χ2v) is 8.02. The zero-order valence-corrected chi connectivity index (χ0v) is 15.5. The summed E-state index contributed by atoms with van der Waals surface area (Å²) in [5.74, 6) is 0.222. The summed E-state index contributed by atoms with van der Waals surface area (Å²) < 4.78 is 37.4. The molecule has 0 saturated carbocycles. The summed E-state index contributed by atoms with van der Waals surface area (Å²) in [4.78, 5) is 11.9. The van der Waals surface area contributed by atoms with E-state index in [0.717, 1.165) is 17.7 Å². The van der Waals surface area contributed by atoms with Crippen LogP contribution >= 0.6 is 0 Å². The molecule has 138 valence electrons. The average molecular weight is 375 g/mol. The van der Waals surface area contributed by atoms with Gasteiger partial charge in [-0.2, -0.15) is 4.31 Å². The Kier molecular flexibility index (Phi) is 5.29. The molecular weight excluding hydrogens is 354 g/mol. The summed E-state index contributed by atoms with van der Waals surface area (Å²) in [7, 11) is -0.924. The van der Waals surface area contributed by atoms with E-state index < -0.39 is 16.0 Å². The molecule has 0 radical (unpaired) electrons. The molecule has 1 saturated heterocycles. The molecule has 1 aliphatic rings. The second kappa shape index (κ2) is 7.47. The minimum atomic E-state index is -3.77.